The third kappa shape index (κ3) is 3.41. The quantitative estimate of drug-likeness (QED) is 0.922. The fourth-order valence-electron chi connectivity index (χ4n) is 1.77. The summed E-state index contributed by atoms with van der Waals surface area (Å²) in [6.45, 7) is 1.05. The summed E-state index contributed by atoms with van der Waals surface area (Å²) >= 11 is 12.2. The molecule has 0 radical (unpaired) electrons. The first kappa shape index (κ1) is 14.2. The Hall–Kier alpha value is -1.23. The number of nitrogens with one attached hydrogen (secondary N) is 1. The molecule has 4 nitrogen and oxygen atoms in total. The minimum atomic E-state index is 0.411. The van der Waals surface area contributed by atoms with Crippen LogP contribution in [0.4, 0.5) is 0 Å². The molecule has 0 saturated carbocycles. The van der Waals surface area contributed by atoms with Gasteiger partial charge < -0.3 is 14.6 Å². The third-order valence-electron chi connectivity index (χ3n) is 2.73. The number of hydrogen-bond acceptors (Lipinski definition) is 3. The molecule has 1 heterocycles. The number of imidazole rings is 1. The molecule has 0 atom stereocenters. The van der Waals surface area contributed by atoms with Crippen LogP contribution >= 0.6 is 23.2 Å². The molecular formula is C13H15Cl2N3O. The molecule has 2 rings (SSSR count). The second kappa shape index (κ2) is 6.28. The Kier molecular flexibility index (Phi) is 4.69. The second-order valence-electron chi connectivity index (χ2n) is 4.19. The molecule has 0 aliphatic heterocycles. The van der Waals surface area contributed by atoms with Gasteiger partial charge in [0.05, 0.1) is 23.2 Å². The summed E-state index contributed by atoms with van der Waals surface area (Å²) in [7, 11) is 3.78. The van der Waals surface area contributed by atoms with Crippen LogP contribution in [0.15, 0.2) is 24.7 Å². The lowest BCUT2D eigenvalue weighted by Crippen LogP contribution is -2.09. The van der Waals surface area contributed by atoms with Gasteiger partial charge in [0.2, 0.25) is 0 Å². The van der Waals surface area contributed by atoms with Crippen LogP contribution < -0.4 is 10.1 Å². The number of aryl methyl sites for hydroxylation is 1. The van der Waals surface area contributed by atoms with Crippen molar-refractivity contribution in [3.05, 3.63) is 46.0 Å². The molecule has 0 spiro atoms. The molecule has 0 aliphatic rings. The molecule has 1 aromatic heterocycles. The minimum Gasteiger partial charge on any atom is -0.485 e. The monoisotopic (exact) mass is 299 g/mol. The lowest BCUT2D eigenvalue weighted by molar-refractivity contribution is 0.293. The summed E-state index contributed by atoms with van der Waals surface area (Å²) in [6, 6.07) is 3.53. The molecule has 102 valence electrons. The summed E-state index contributed by atoms with van der Waals surface area (Å²) < 4.78 is 7.71. The van der Waals surface area contributed by atoms with Crippen molar-refractivity contribution in [3.63, 3.8) is 0 Å². The van der Waals surface area contributed by atoms with E-state index in [-0.39, 0.29) is 0 Å². The topological polar surface area (TPSA) is 39.1 Å². The van der Waals surface area contributed by atoms with Crippen molar-refractivity contribution < 1.29 is 4.74 Å². The molecular weight excluding hydrogens is 285 g/mol. The zero-order valence-corrected chi connectivity index (χ0v) is 12.3. The first-order valence-electron chi connectivity index (χ1n) is 5.82. The van der Waals surface area contributed by atoms with Gasteiger partial charge in [-0.2, -0.15) is 0 Å². The van der Waals surface area contributed by atoms with Crippen LogP contribution in [0.1, 0.15) is 11.3 Å². The van der Waals surface area contributed by atoms with E-state index in [1.807, 2.05) is 24.7 Å². The summed E-state index contributed by atoms with van der Waals surface area (Å²) in [6.07, 6.45) is 3.50. The Balaban J connectivity index is 2.21. The highest BCUT2D eigenvalue weighted by molar-refractivity contribution is 6.35. The summed E-state index contributed by atoms with van der Waals surface area (Å²) in [5.41, 5.74) is 1.91. The molecule has 1 aromatic carbocycles. The van der Waals surface area contributed by atoms with Gasteiger partial charge in [0, 0.05) is 24.2 Å². The molecule has 0 unspecified atom stereocenters. The number of nitrogens with zero attached hydrogens (tertiary/aromatic N) is 2. The van der Waals surface area contributed by atoms with Gasteiger partial charge in [0.15, 0.2) is 0 Å². The van der Waals surface area contributed by atoms with E-state index in [1.54, 1.807) is 18.6 Å². The van der Waals surface area contributed by atoms with Crippen molar-refractivity contribution >= 4 is 23.2 Å². The van der Waals surface area contributed by atoms with E-state index < -0.39 is 0 Å². The molecule has 0 amide bonds. The van der Waals surface area contributed by atoms with Crippen molar-refractivity contribution in [1.82, 2.24) is 14.9 Å². The lowest BCUT2D eigenvalue weighted by atomic mass is 10.2. The Labute approximate surface area is 122 Å². The van der Waals surface area contributed by atoms with E-state index in [4.69, 9.17) is 27.9 Å². The summed E-state index contributed by atoms with van der Waals surface area (Å²) in [4.78, 5) is 4.05. The van der Waals surface area contributed by atoms with E-state index in [2.05, 4.69) is 10.3 Å². The number of aromatic nitrogens is 2. The van der Waals surface area contributed by atoms with Crippen molar-refractivity contribution in [3.8, 4) is 5.75 Å². The van der Waals surface area contributed by atoms with Crippen LogP contribution in [0.5, 0.6) is 5.75 Å². The fraction of sp³-hybridized carbons (Fsp3) is 0.308. The van der Waals surface area contributed by atoms with E-state index >= 15 is 0 Å². The number of hydrogen-bond donors (Lipinski definition) is 1. The highest BCUT2D eigenvalue weighted by Gasteiger charge is 2.11. The zero-order valence-electron chi connectivity index (χ0n) is 10.8. The fourth-order valence-corrected chi connectivity index (χ4v) is 2.36. The van der Waals surface area contributed by atoms with Gasteiger partial charge in [-0.3, -0.25) is 0 Å². The van der Waals surface area contributed by atoms with E-state index in [1.165, 1.54) is 0 Å². The molecule has 0 saturated heterocycles. The highest BCUT2D eigenvalue weighted by Crippen LogP contribution is 2.33. The van der Waals surface area contributed by atoms with Crippen LogP contribution in [0, 0.1) is 0 Å². The maximum absolute atomic E-state index is 6.19. The molecule has 6 heteroatoms. The Morgan fingerprint density at radius 3 is 2.79 bits per heavy atom. The normalized spacial score (nSPS) is 10.7. The SMILES string of the molecule is CNCc1cc(Cl)cc(Cl)c1OCc1cncn1C. The maximum Gasteiger partial charge on any atom is 0.143 e. The average Bonchev–Trinajstić information content (AvgIpc) is 2.74. The maximum atomic E-state index is 6.19. The van der Waals surface area contributed by atoms with Crippen molar-refractivity contribution in [2.24, 2.45) is 7.05 Å². The number of halogens is 2. The molecule has 0 bridgehead atoms. The number of rotatable bonds is 5. The highest BCUT2D eigenvalue weighted by atomic mass is 35.5. The van der Waals surface area contributed by atoms with Crippen molar-refractivity contribution in [2.45, 2.75) is 13.2 Å². The molecule has 2 aromatic rings. The van der Waals surface area contributed by atoms with Gasteiger partial charge in [-0.25, -0.2) is 4.98 Å². The van der Waals surface area contributed by atoms with E-state index in [0.717, 1.165) is 11.3 Å². The number of benzene rings is 1. The largest absolute Gasteiger partial charge is 0.485 e. The van der Waals surface area contributed by atoms with Gasteiger partial charge in [0.25, 0.3) is 0 Å². The van der Waals surface area contributed by atoms with Crippen LogP contribution in [-0.2, 0) is 20.2 Å². The van der Waals surface area contributed by atoms with E-state index in [9.17, 15) is 0 Å². The van der Waals surface area contributed by atoms with Gasteiger partial charge >= 0.3 is 0 Å². The molecule has 0 fully saturated rings. The zero-order chi connectivity index (χ0) is 13.8. The van der Waals surface area contributed by atoms with Crippen LogP contribution in [0.2, 0.25) is 10.0 Å². The molecule has 0 aliphatic carbocycles. The van der Waals surface area contributed by atoms with Gasteiger partial charge in [-0.15, -0.1) is 0 Å². The first-order chi connectivity index (χ1) is 9.11. The third-order valence-corrected chi connectivity index (χ3v) is 3.23. The van der Waals surface area contributed by atoms with E-state index in [0.29, 0.717) is 28.9 Å². The Bertz CT molecular complexity index is 569. The van der Waals surface area contributed by atoms with Gasteiger partial charge in [-0.05, 0) is 19.2 Å². The molecule has 19 heavy (non-hydrogen) atoms. The minimum absolute atomic E-state index is 0.411. The predicted octanol–water partition coefficient (Wildman–Crippen LogP) is 3.03. The van der Waals surface area contributed by atoms with Gasteiger partial charge in [-0.1, -0.05) is 23.2 Å². The summed E-state index contributed by atoms with van der Waals surface area (Å²) in [5.74, 6) is 0.654. The smallest absolute Gasteiger partial charge is 0.143 e. The lowest BCUT2D eigenvalue weighted by Gasteiger charge is -2.14. The van der Waals surface area contributed by atoms with Gasteiger partial charge in [0.1, 0.15) is 12.4 Å². The first-order valence-corrected chi connectivity index (χ1v) is 6.58. The Morgan fingerprint density at radius 2 is 2.16 bits per heavy atom. The van der Waals surface area contributed by atoms with Crippen LogP contribution in [0.3, 0.4) is 0 Å². The van der Waals surface area contributed by atoms with Crippen LogP contribution in [-0.4, -0.2) is 16.6 Å². The molecule has 1 N–H and O–H groups in total. The standard InChI is InChI=1S/C13H15Cl2N3O/c1-16-5-9-3-10(14)4-12(15)13(9)19-7-11-6-17-8-18(11)2/h3-4,6,8,16H,5,7H2,1-2H3. The predicted molar refractivity (Wildman–Crippen MR) is 76.8 cm³/mol. The van der Waals surface area contributed by atoms with Crippen LogP contribution in [0.25, 0.3) is 0 Å². The second-order valence-corrected chi connectivity index (χ2v) is 5.03. The number of ether oxygens (including phenoxy) is 1. The summed E-state index contributed by atoms with van der Waals surface area (Å²) in [5, 5.41) is 4.18. The average molecular weight is 300 g/mol. The van der Waals surface area contributed by atoms with Crippen molar-refractivity contribution in [2.75, 3.05) is 7.05 Å². The Morgan fingerprint density at radius 1 is 1.37 bits per heavy atom. The van der Waals surface area contributed by atoms with Crippen molar-refractivity contribution in [1.29, 1.82) is 0 Å².